The lowest BCUT2D eigenvalue weighted by atomic mass is 10.0. The van der Waals surface area contributed by atoms with Crippen LogP contribution in [0.1, 0.15) is 36.8 Å². The number of nitrogens with zero attached hydrogens (tertiary/aromatic N) is 3. The van der Waals surface area contributed by atoms with Crippen LogP contribution in [0.15, 0.2) is 77.2 Å². The van der Waals surface area contributed by atoms with Gasteiger partial charge in [-0.25, -0.2) is 4.98 Å². The van der Waals surface area contributed by atoms with E-state index in [0.717, 1.165) is 41.6 Å². The molecule has 1 fully saturated rings. The number of ether oxygens (including phenoxy) is 2. The maximum atomic E-state index is 6.46. The molecule has 1 saturated heterocycles. The fourth-order valence-electron chi connectivity index (χ4n) is 4.31. The monoisotopic (exact) mass is 477 g/mol. The van der Waals surface area contributed by atoms with Crippen molar-refractivity contribution in [1.29, 1.82) is 0 Å². The van der Waals surface area contributed by atoms with Gasteiger partial charge in [-0.2, -0.15) is 0 Å². The number of thioether (sulfide) groups is 1. The molecule has 1 unspecified atom stereocenters. The van der Waals surface area contributed by atoms with Crippen molar-refractivity contribution in [3.05, 3.63) is 78.1 Å². The average molecular weight is 478 g/mol. The van der Waals surface area contributed by atoms with E-state index < -0.39 is 5.72 Å². The van der Waals surface area contributed by atoms with Gasteiger partial charge < -0.3 is 19.4 Å². The van der Waals surface area contributed by atoms with E-state index in [1.807, 2.05) is 48.7 Å². The summed E-state index contributed by atoms with van der Waals surface area (Å²) in [7, 11) is 0. The third-order valence-corrected chi connectivity index (χ3v) is 7.22. The first-order valence-corrected chi connectivity index (χ1v) is 13.0. The lowest BCUT2D eigenvalue weighted by Crippen LogP contribution is -2.41. The summed E-state index contributed by atoms with van der Waals surface area (Å²) in [5, 5.41) is 5.37. The zero-order valence-electron chi connectivity index (χ0n) is 19.3. The Kier molecular flexibility index (Phi) is 7.36. The number of imidazole rings is 1. The standard InChI is InChI=1S/C26H31N5O2S/c1-3-8-21(9-4-1)24-29-30-26(33-24,20-34-25-27-14-15-28-25)22-10-12-23(13-11-22)32-19-7-18-31-16-5-2-6-17-31/h1,3-4,8-15,30H,2,5-7,16-20H2,(H,27,28). The summed E-state index contributed by atoms with van der Waals surface area (Å²) >= 11 is 1.59. The van der Waals surface area contributed by atoms with E-state index in [9.17, 15) is 0 Å². The van der Waals surface area contributed by atoms with Crippen LogP contribution in [0, 0.1) is 0 Å². The predicted octanol–water partition coefficient (Wildman–Crippen LogP) is 4.59. The van der Waals surface area contributed by atoms with Gasteiger partial charge >= 0.3 is 0 Å². The minimum absolute atomic E-state index is 0.582. The molecule has 34 heavy (non-hydrogen) atoms. The first-order valence-electron chi connectivity index (χ1n) is 12.0. The van der Waals surface area contributed by atoms with Gasteiger partial charge in [0.05, 0.1) is 12.4 Å². The van der Waals surface area contributed by atoms with Gasteiger partial charge in [0.2, 0.25) is 11.6 Å². The summed E-state index contributed by atoms with van der Waals surface area (Å²) in [6.07, 6.45) is 8.65. The average Bonchev–Trinajstić information content (AvgIpc) is 3.58. The molecule has 0 spiro atoms. The second-order valence-corrected chi connectivity index (χ2v) is 9.60. The lowest BCUT2D eigenvalue weighted by molar-refractivity contribution is 0.0724. The van der Waals surface area contributed by atoms with Gasteiger partial charge in [-0.15, -0.1) is 5.10 Å². The van der Waals surface area contributed by atoms with Crippen LogP contribution in [-0.2, 0) is 10.5 Å². The molecular formula is C26H31N5O2S. The zero-order chi connectivity index (χ0) is 23.1. The van der Waals surface area contributed by atoms with Crippen LogP contribution in [0.5, 0.6) is 5.75 Å². The molecule has 2 aliphatic heterocycles. The molecule has 3 aromatic rings. The van der Waals surface area contributed by atoms with E-state index >= 15 is 0 Å². The van der Waals surface area contributed by atoms with E-state index in [0.29, 0.717) is 11.7 Å². The van der Waals surface area contributed by atoms with Crippen molar-refractivity contribution in [1.82, 2.24) is 20.3 Å². The maximum Gasteiger partial charge on any atom is 0.240 e. The Bertz CT molecular complexity index is 1050. The van der Waals surface area contributed by atoms with E-state index in [2.05, 4.69) is 37.5 Å². The third kappa shape index (κ3) is 5.56. The molecule has 2 aliphatic rings. The number of likely N-dealkylation sites (tertiary alicyclic amines) is 1. The van der Waals surface area contributed by atoms with Crippen LogP contribution in [0.25, 0.3) is 0 Å². The molecule has 0 bridgehead atoms. The Labute approximate surface area is 205 Å². The normalized spacial score (nSPS) is 20.4. The first-order chi connectivity index (χ1) is 16.8. The van der Waals surface area contributed by atoms with Gasteiger partial charge in [-0.05, 0) is 68.8 Å². The summed E-state index contributed by atoms with van der Waals surface area (Å²) in [4.78, 5) is 10.0. The number of benzene rings is 2. The highest BCUT2D eigenvalue weighted by Crippen LogP contribution is 2.34. The highest BCUT2D eigenvalue weighted by Gasteiger charge is 2.40. The maximum absolute atomic E-state index is 6.46. The Hall–Kier alpha value is -2.97. The van der Waals surface area contributed by atoms with E-state index in [-0.39, 0.29) is 0 Å². The van der Waals surface area contributed by atoms with Crippen molar-refractivity contribution in [3.8, 4) is 5.75 Å². The van der Waals surface area contributed by atoms with Crippen molar-refractivity contribution < 1.29 is 9.47 Å². The molecule has 178 valence electrons. The van der Waals surface area contributed by atoms with Crippen LogP contribution >= 0.6 is 11.8 Å². The van der Waals surface area contributed by atoms with Crippen LogP contribution in [0.2, 0.25) is 0 Å². The molecule has 5 rings (SSSR count). The number of hydrogen-bond donors (Lipinski definition) is 2. The molecule has 2 aromatic carbocycles. The minimum atomic E-state index is -0.796. The number of aromatic amines is 1. The van der Waals surface area contributed by atoms with Crippen molar-refractivity contribution in [2.45, 2.75) is 36.6 Å². The highest BCUT2D eigenvalue weighted by molar-refractivity contribution is 7.99. The molecule has 0 saturated carbocycles. The summed E-state index contributed by atoms with van der Waals surface area (Å²) in [5.74, 6) is 2.05. The first kappa shape index (κ1) is 22.8. The number of nitrogens with one attached hydrogen (secondary N) is 2. The summed E-state index contributed by atoms with van der Waals surface area (Å²) in [6, 6.07) is 18.1. The Morgan fingerprint density at radius 2 is 1.85 bits per heavy atom. The number of hydrazone groups is 1. The number of piperidine rings is 1. The molecule has 3 heterocycles. The van der Waals surface area contributed by atoms with Gasteiger partial charge in [-0.1, -0.05) is 36.4 Å². The number of hydrogen-bond acceptors (Lipinski definition) is 7. The van der Waals surface area contributed by atoms with Crippen molar-refractivity contribution in [2.24, 2.45) is 5.10 Å². The lowest BCUT2D eigenvalue weighted by Gasteiger charge is -2.28. The SMILES string of the molecule is c1ccc(C2=NNC(CSc3ncc[nH]3)(c3ccc(OCCCN4CCCCC4)cc3)O2)cc1. The topological polar surface area (TPSA) is 74.8 Å². The summed E-state index contributed by atoms with van der Waals surface area (Å²) < 4.78 is 12.5. The van der Waals surface area contributed by atoms with Crippen LogP contribution in [0.3, 0.4) is 0 Å². The summed E-state index contributed by atoms with van der Waals surface area (Å²) in [5.41, 5.74) is 4.39. The number of aromatic nitrogens is 2. The molecule has 7 nitrogen and oxygen atoms in total. The quantitative estimate of drug-likeness (QED) is 0.329. The van der Waals surface area contributed by atoms with Crippen molar-refractivity contribution in [2.75, 3.05) is 32.0 Å². The third-order valence-electron chi connectivity index (χ3n) is 6.17. The van der Waals surface area contributed by atoms with E-state index in [4.69, 9.17) is 9.47 Å². The summed E-state index contributed by atoms with van der Waals surface area (Å²) in [6.45, 7) is 4.30. The largest absolute Gasteiger partial charge is 0.494 e. The van der Waals surface area contributed by atoms with Crippen LogP contribution in [-0.4, -0.2) is 52.8 Å². The Morgan fingerprint density at radius 3 is 2.62 bits per heavy atom. The van der Waals surface area contributed by atoms with Crippen LogP contribution < -0.4 is 10.2 Å². The minimum Gasteiger partial charge on any atom is -0.494 e. The Morgan fingerprint density at radius 1 is 1.03 bits per heavy atom. The molecule has 2 N–H and O–H groups in total. The highest BCUT2D eigenvalue weighted by atomic mass is 32.2. The molecule has 0 amide bonds. The second kappa shape index (κ2) is 11.0. The molecule has 0 radical (unpaired) electrons. The van der Waals surface area contributed by atoms with Crippen LogP contribution in [0.4, 0.5) is 0 Å². The number of rotatable bonds is 10. The second-order valence-electron chi connectivity index (χ2n) is 8.64. The van der Waals surface area contributed by atoms with Crippen molar-refractivity contribution in [3.63, 3.8) is 0 Å². The van der Waals surface area contributed by atoms with Gasteiger partial charge in [-0.3, -0.25) is 5.43 Å². The number of H-pyrrole nitrogens is 1. The van der Waals surface area contributed by atoms with Gasteiger partial charge in [0.25, 0.3) is 0 Å². The smallest absolute Gasteiger partial charge is 0.240 e. The van der Waals surface area contributed by atoms with E-state index in [1.54, 1.807) is 18.0 Å². The molecule has 8 heteroatoms. The molecule has 1 aromatic heterocycles. The zero-order valence-corrected chi connectivity index (χ0v) is 20.1. The van der Waals surface area contributed by atoms with Gasteiger partial charge in [0.15, 0.2) is 5.16 Å². The van der Waals surface area contributed by atoms with E-state index in [1.165, 1.54) is 32.4 Å². The Balaban J connectivity index is 1.23. The fourth-order valence-corrected chi connectivity index (χ4v) is 5.22. The molecule has 0 aliphatic carbocycles. The van der Waals surface area contributed by atoms with Gasteiger partial charge in [0.1, 0.15) is 5.75 Å². The van der Waals surface area contributed by atoms with Gasteiger partial charge in [0, 0.05) is 30.1 Å². The predicted molar refractivity (Wildman–Crippen MR) is 135 cm³/mol. The molecular weight excluding hydrogens is 446 g/mol. The van der Waals surface area contributed by atoms with Crippen molar-refractivity contribution >= 4 is 17.7 Å². The fraction of sp³-hybridized carbons (Fsp3) is 0.385. The molecule has 1 atom stereocenters.